The highest BCUT2D eigenvalue weighted by Gasteiger charge is 2.31. The molecule has 0 radical (unpaired) electrons. The van der Waals surface area contributed by atoms with Crippen molar-refractivity contribution in [2.75, 3.05) is 39.5 Å². The third kappa shape index (κ3) is 7.00. The zero-order chi connectivity index (χ0) is 22.1. The van der Waals surface area contributed by atoms with Gasteiger partial charge < -0.3 is 30.9 Å². The number of morpholine rings is 1. The second-order valence-electron chi connectivity index (χ2n) is 8.54. The minimum atomic E-state index is -0.395. The second kappa shape index (κ2) is 12.7. The van der Waals surface area contributed by atoms with Crippen LogP contribution in [0.25, 0.3) is 0 Å². The monoisotopic (exact) mass is 509 g/mol. The average Bonchev–Trinajstić information content (AvgIpc) is 2.85. The van der Waals surface area contributed by atoms with Gasteiger partial charge in [0.15, 0.2) is 0 Å². The molecule has 0 spiro atoms. The van der Waals surface area contributed by atoms with Gasteiger partial charge in [0.05, 0.1) is 26.4 Å². The Labute approximate surface area is 207 Å². The van der Waals surface area contributed by atoms with E-state index in [9.17, 15) is 4.79 Å². The third-order valence-electron chi connectivity index (χ3n) is 6.30. The fourth-order valence-electron chi connectivity index (χ4n) is 4.57. The van der Waals surface area contributed by atoms with Gasteiger partial charge >= 0.3 is 5.97 Å². The van der Waals surface area contributed by atoms with Crippen molar-refractivity contribution in [1.82, 2.24) is 0 Å². The first-order valence-corrected chi connectivity index (χ1v) is 11.5. The van der Waals surface area contributed by atoms with Gasteiger partial charge in [-0.1, -0.05) is 91.0 Å². The molecule has 3 aromatic rings. The molecule has 33 heavy (non-hydrogen) atoms. The van der Waals surface area contributed by atoms with Crippen LogP contribution in [0.2, 0.25) is 0 Å². The van der Waals surface area contributed by atoms with Crippen LogP contribution in [0, 0.1) is 0 Å². The Morgan fingerprint density at radius 3 is 1.88 bits per heavy atom. The maximum atomic E-state index is 13.1. The summed E-state index contributed by atoms with van der Waals surface area (Å²) in [5.74, 6) is -0.577. The van der Waals surface area contributed by atoms with E-state index in [-0.39, 0.29) is 23.0 Å². The molecule has 1 aliphatic heterocycles. The summed E-state index contributed by atoms with van der Waals surface area (Å²) in [6.07, 6.45) is 0.842. The van der Waals surface area contributed by atoms with Gasteiger partial charge in [-0.3, -0.25) is 4.79 Å². The number of nitrogens with zero attached hydrogens (tertiary/aromatic N) is 1. The van der Waals surface area contributed by atoms with Crippen molar-refractivity contribution >= 4 is 5.97 Å². The van der Waals surface area contributed by atoms with Crippen LogP contribution >= 0.6 is 0 Å². The minimum Gasteiger partial charge on any atom is -1.00 e. The highest BCUT2D eigenvalue weighted by Crippen LogP contribution is 2.26. The number of quaternary nitrogens is 1. The Bertz CT molecular complexity index is 921. The molecule has 1 aliphatic rings. The van der Waals surface area contributed by atoms with Crippen molar-refractivity contribution in [2.24, 2.45) is 0 Å². The van der Waals surface area contributed by atoms with Crippen LogP contribution in [0.15, 0.2) is 91.0 Å². The van der Waals surface area contributed by atoms with Gasteiger partial charge in [0, 0.05) is 12.0 Å². The van der Waals surface area contributed by atoms with E-state index in [1.807, 2.05) is 60.7 Å². The number of carbonyl (C=O) groups is 1. The lowest BCUT2D eigenvalue weighted by Gasteiger charge is -2.41. The van der Waals surface area contributed by atoms with E-state index in [4.69, 9.17) is 9.47 Å². The molecule has 0 unspecified atom stereocenters. The van der Waals surface area contributed by atoms with Crippen LogP contribution in [0.1, 0.15) is 29.0 Å². The zero-order valence-corrected chi connectivity index (χ0v) is 20.5. The molecule has 1 fully saturated rings. The number of esters is 1. The van der Waals surface area contributed by atoms with Crippen LogP contribution in [0.4, 0.5) is 0 Å². The standard InChI is InChI=1S/C28H32NO3.BrH/c30-28(27(25-13-6-2-7-14-25)26-15-8-3-9-16-26)32-20-10-17-29(18-21-31-22-19-29)23-24-11-4-1-5-12-24;/h1-9,11-16,27H,10,17-23H2;1H/q+1;/p-1. The van der Waals surface area contributed by atoms with E-state index < -0.39 is 5.92 Å². The fraction of sp³-hybridized carbons (Fsp3) is 0.321. The summed E-state index contributed by atoms with van der Waals surface area (Å²) in [6.45, 7) is 5.98. The van der Waals surface area contributed by atoms with E-state index >= 15 is 0 Å². The third-order valence-corrected chi connectivity index (χ3v) is 6.30. The number of carbonyl (C=O) groups excluding carboxylic acids is 1. The number of hydrogen-bond acceptors (Lipinski definition) is 3. The summed E-state index contributed by atoms with van der Waals surface area (Å²) in [6, 6.07) is 30.4. The van der Waals surface area contributed by atoms with Gasteiger partial charge in [-0.25, -0.2) is 0 Å². The lowest BCUT2D eigenvalue weighted by Crippen LogP contribution is -3.00. The molecule has 0 aliphatic carbocycles. The van der Waals surface area contributed by atoms with Gasteiger partial charge in [-0.15, -0.1) is 0 Å². The summed E-state index contributed by atoms with van der Waals surface area (Å²) >= 11 is 0. The Morgan fingerprint density at radius 1 is 0.818 bits per heavy atom. The fourth-order valence-corrected chi connectivity index (χ4v) is 4.57. The summed E-state index contributed by atoms with van der Waals surface area (Å²) < 4.78 is 12.4. The smallest absolute Gasteiger partial charge is 0.317 e. The largest absolute Gasteiger partial charge is 1.00 e. The van der Waals surface area contributed by atoms with Gasteiger partial charge in [0.1, 0.15) is 25.6 Å². The molecule has 0 N–H and O–H groups in total. The summed E-state index contributed by atoms with van der Waals surface area (Å²) in [5, 5.41) is 0. The molecule has 1 heterocycles. The molecule has 0 atom stereocenters. The molecular weight excluding hydrogens is 478 g/mol. The SMILES string of the molecule is O=C(OCCC[N+]1(Cc2ccccc2)CCOCC1)C(c1ccccc1)c1ccccc1.[Br-]. The minimum absolute atomic E-state index is 0. The molecule has 4 nitrogen and oxygen atoms in total. The molecule has 5 heteroatoms. The molecule has 4 rings (SSSR count). The van der Waals surface area contributed by atoms with Gasteiger partial charge in [0.2, 0.25) is 0 Å². The Hall–Kier alpha value is -2.47. The van der Waals surface area contributed by atoms with Crippen LogP contribution in [-0.2, 0) is 20.8 Å². The number of halogens is 1. The number of hydrogen-bond donors (Lipinski definition) is 0. The molecule has 0 amide bonds. The molecule has 174 valence electrons. The van der Waals surface area contributed by atoms with Crippen LogP contribution in [-0.4, -0.2) is 49.9 Å². The van der Waals surface area contributed by atoms with Crippen LogP contribution in [0.5, 0.6) is 0 Å². The van der Waals surface area contributed by atoms with Gasteiger partial charge in [0.25, 0.3) is 0 Å². The lowest BCUT2D eigenvalue weighted by molar-refractivity contribution is -0.947. The van der Waals surface area contributed by atoms with Gasteiger partial charge in [-0.05, 0) is 11.1 Å². The summed E-state index contributed by atoms with van der Waals surface area (Å²) in [7, 11) is 0. The molecular formula is C28H32BrNO3. The quantitative estimate of drug-likeness (QED) is 0.250. The van der Waals surface area contributed by atoms with E-state index in [2.05, 4.69) is 30.3 Å². The molecule has 0 aromatic heterocycles. The zero-order valence-electron chi connectivity index (χ0n) is 18.9. The lowest BCUT2D eigenvalue weighted by atomic mass is 9.91. The van der Waals surface area contributed by atoms with E-state index in [1.54, 1.807) is 0 Å². The first kappa shape index (κ1) is 25.2. The first-order chi connectivity index (χ1) is 15.8. The molecule has 0 bridgehead atoms. The number of benzene rings is 3. The van der Waals surface area contributed by atoms with E-state index in [1.165, 1.54) is 5.56 Å². The van der Waals surface area contributed by atoms with Crippen molar-refractivity contribution in [3.8, 4) is 0 Å². The van der Waals surface area contributed by atoms with E-state index in [0.29, 0.717) is 6.61 Å². The van der Waals surface area contributed by atoms with Crippen molar-refractivity contribution < 1.29 is 35.7 Å². The highest BCUT2D eigenvalue weighted by molar-refractivity contribution is 5.82. The van der Waals surface area contributed by atoms with Crippen LogP contribution in [0.3, 0.4) is 0 Å². The summed E-state index contributed by atoms with van der Waals surface area (Å²) in [4.78, 5) is 13.1. The predicted octanol–water partition coefficient (Wildman–Crippen LogP) is 1.80. The molecule has 3 aromatic carbocycles. The molecule has 1 saturated heterocycles. The highest BCUT2D eigenvalue weighted by atomic mass is 79.9. The Balaban J connectivity index is 0.00000306. The van der Waals surface area contributed by atoms with Gasteiger partial charge in [-0.2, -0.15) is 0 Å². The predicted molar refractivity (Wildman–Crippen MR) is 126 cm³/mol. The van der Waals surface area contributed by atoms with Crippen molar-refractivity contribution in [3.05, 3.63) is 108 Å². The first-order valence-electron chi connectivity index (χ1n) is 11.5. The normalized spacial score (nSPS) is 14.9. The van der Waals surface area contributed by atoms with Crippen molar-refractivity contribution in [3.63, 3.8) is 0 Å². The maximum Gasteiger partial charge on any atom is 0.317 e. The topological polar surface area (TPSA) is 35.5 Å². The van der Waals surface area contributed by atoms with Crippen LogP contribution < -0.4 is 17.0 Å². The number of ether oxygens (including phenoxy) is 2. The Morgan fingerprint density at radius 2 is 1.33 bits per heavy atom. The number of rotatable bonds is 9. The van der Waals surface area contributed by atoms with E-state index in [0.717, 1.165) is 61.4 Å². The summed E-state index contributed by atoms with van der Waals surface area (Å²) in [5.41, 5.74) is 3.27. The van der Waals surface area contributed by atoms with Crippen molar-refractivity contribution in [1.29, 1.82) is 0 Å². The van der Waals surface area contributed by atoms with Crippen molar-refractivity contribution in [2.45, 2.75) is 18.9 Å². The Kier molecular flexibility index (Phi) is 9.67. The second-order valence-corrected chi connectivity index (χ2v) is 8.54. The molecule has 0 saturated carbocycles. The maximum absolute atomic E-state index is 13.1. The average molecular weight is 510 g/mol.